The van der Waals surface area contributed by atoms with Crippen LogP contribution in [0.15, 0.2) is 340 Å². The van der Waals surface area contributed by atoms with Gasteiger partial charge in [-0.05, 0) is 186 Å². The fraction of sp³-hybridized carbons (Fsp3) is 0.354. The summed E-state index contributed by atoms with van der Waals surface area (Å²) in [6.45, 7) is 60.6. The van der Waals surface area contributed by atoms with E-state index < -0.39 is 8.07 Å². The lowest BCUT2D eigenvalue weighted by atomic mass is 9.68. The lowest BCUT2D eigenvalue weighted by Crippen LogP contribution is -2.52. The Morgan fingerprint density at radius 2 is 0.412 bits per heavy atom. The fourth-order valence-electron chi connectivity index (χ4n) is 17.9. The van der Waals surface area contributed by atoms with E-state index >= 15 is 0 Å². The van der Waals surface area contributed by atoms with Crippen LogP contribution in [-0.2, 0) is 32.5 Å². The normalized spacial score (nSPS) is 12.2. The van der Waals surface area contributed by atoms with Gasteiger partial charge in [-0.1, -0.05) is 577 Å². The second kappa shape index (κ2) is 49.2. The van der Waals surface area contributed by atoms with E-state index in [4.69, 9.17) is 0 Å². The molecule has 1 fully saturated rings. The van der Waals surface area contributed by atoms with Crippen LogP contribution in [0.1, 0.15) is 311 Å². The van der Waals surface area contributed by atoms with Crippen molar-refractivity contribution in [2.45, 2.75) is 295 Å². The molecule has 0 bridgehead atoms. The largest absolute Gasteiger partial charge is 0.112 e. The summed E-state index contributed by atoms with van der Waals surface area (Å²) in [5.41, 5.74) is 35.6. The molecule has 0 N–H and O–H groups in total. The third kappa shape index (κ3) is 28.4. The van der Waals surface area contributed by atoms with Crippen LogP contribution in [0.2, 0.25) is 13.1 Å². The van der Waals surface area contributed by atoms with Gasteiger partial charge in [0.2, 0.25) is 0 Å². The van der Waals surface area contributed by atoms with Crippen molar-refractivity contribution in [2.75, 3.05) is 0 Å². The molecule has 0 atom stereocenters. The second-order valence-electron chi connectivity index (χ2n) is 40.1. The molecule has 14 aromatic carbocycles. The van der Waals surface area contributed by atoms with Crippen LogP contribution < -0.4 is 10.4 Å². The third-order valence-corrected chi connectivity index (χ3v) is 31.5. The summed E-state index contributed by atoms with van der Waals surface area (Å²) in [6.07, 6.45) is 5.28. The maximum atomic E-state index is 2.42. The lowest BCUT2D eigenvalue weighted by Gasteiger charge is -2.35. The molecule has 0 saturated heterocycles. The summed E-state index contributed by atoms with van der Waals surface area (Å²) in [4.78, 5) is 0. The maximum Gasteiger partial charge on any atom is 0.112 e. The second-order valence-corrected chi connectivity index (χ2v) is 44.5. The topological polar surface area (TPSA) is 0 Å². The summed E-state index contributed by atoms with van der Waals surface area (Å²) in [5, 5.41) is 3.01. The molecular weight excluding hydrogens is 1590 g/mol. The SMILES string of the molecule is C.C.C.C.C.C.Cc1ccc(C(C)(C)c2ccc(C(C)(C)c3ccc(C)cc3)cc2)cc1.Cc1ccc(C(C)(C)c2cccc(C(C)(C)c3ccc(C)cc3)c2)cc1.Cc1ccc(C(C)(c2ccc(C)cc2)C(C)C)cc1.Cc1ccc(C(c2ccc(C)cc2)C(C)C)cc1.Cc1ccc(C2(c3ccc(C)cc3)CCCC2)cc1.Cc1ccc([Si](C)(C)c2ccc(C)cc2)cc1. The van der Waals surface area contributed by atoms with Gasteiger partial charge in [0.25, 0.3) is 0 Å². The van der Waals surface area contributed by atoms with Gasteiger partial charge < -0.3 is 0 Å². The zero-order chi connectivity index (χ0) is 90.8. The van der Waals surface area contributed by atoms with Crippen LogP contribution in [0.3, 0.4) is 0 Å². The predicted octanol–water partition coefficient (Wildman–Crippen LogP) is 36.4. The molecule has 15 rings (SSSR count). The molecule has 0 spiro atoms. The van der Waals surface area contributed by atoms with E-state index in [-0.39, 0.29) is 77.0 Å². The molecule has 14 aromatic rings. The Kier molecular flexibility index (Phi) is 42.3. The van der Waals surface area contributed by atoms with E-state index in [1.807, 2.05) is 0 Å². The molecule has 0 amide bonds. The molecule has 1 saturated carbocycles. The van der Waals surface area contributed by atoms with E-state index in [0.29, 0.717) is 17.8 Å². The summed E-state index contributed by atoms with van der Waals surface area (Å²) < 4.78 is 0. The Hall–Kier alpha value is -10.7. The minimum Gasteiger partial charge on any atom is -0.0776 e. The van der Waals surface area contributed by atoms with E-state index in [0.717, 1.165) is 0 Å². The standard InChI is InChI=1S/2C26H30.C19H22.C19H24.C18H22.C16H20Si.6CH4/c1-19-7-11-21(12-8-19)25(3,4)23-15-17-24(18-16-23)26(5,6)22-13-9-20(2)10-14-22;1-19-10-14-21(15-11-19)25(3,4)23-8-7-9-24(18-23)26(5,6)22-16-12-20(2)13-17-22;1-15-5-9-17(10-6-15)19(13-3-4-14-19)18-11-7-16(2)8-12-18;1-14(2)19(5,17-10-6-15(3)7-11-17)18-12-8-16(4)9-13-18;1-13(2)18(16-9-5-14(3)6-10-16)17-11-7-15(4)8-12-17;1-13-5-9-15(10-6-13)17(3,4)16-11-7-14(2)8-12-16;;;;;;/h2*7-18H,1-6H3;5-12H,3-4,13-14H2,1-2H3;6-14H,1-5H3;5-13,18H,1-4H3;5-12H,1-4H3;6*1H4. The Morgan fingerprint density at radius 3 is 0.626 bits per heavy atom. The van der Waals surface area contributed by atoms with Gasteiger partial charge in [-0.15, -0.1) is 0 Å². The minimum atomic E-state index is -1.50. The van der Waals surface area contributed by atoms with E-state index in [9.17, 15) is 0 Å². The summed E-state index contributed by atoms with van der Waals surface area (Å²) in [5.74, 6) is 1.65. The maximum absolute atomic E-state index is 2.42. The first-order chi connectivity index (χ1) is 59.1. The Balaban J connectivity index is 0.000000328. The molecule has 0 nitrogen and oxygen atoms in total. The Labute approximate surface area is 803 Å². The van der Waals surface area contributed by atoms with Crippen molar-refractivity contribution >= 4 is 18.4 Å². The molecule has 0 radical (unpaired) electrons. The highest BCUT2D eigenvalue weighted by Gasteiger charge is 2.38. The minimum absolute atomic E-state index is 0. The molecule has 0 unspecified atom stereocenters. The molecular formula is C130H172Si. The molecule has 1 heteroatoms. The van der Waals surface area contributed by atoms with Gasteiger partial charge in [0.15, 0.2) is 0 Å². The summed E-state index contributed by atoms with van der Waals surface area (Å²) in [7, 11) is -1.50. The van der Waals surface area contributed by atoms with Crippen LogP contribution >= 0.6 is 0 Å². The van der Waals surface area contributed by atoms with Crippen LogP contribution in [0.4, 0.5) is 0 Å². The van der Waals surface area contributed by atoms with Gasteiger partial charge in [-0.3, -0.25) is 0 Å². The number of aryl methyl sites for hydroxylation is 12. The van der Waals surface area contributed by atoms with E-state index in [1.165, 1.54) is 181 Å². The van der Waals surface area contributed by atoms with Crippen molar-refractivity contribution in [1.29, 1.82) is 0 Å². The smallest absolute Gasteiger partial charge is 0.0776 e. The zero-order valence-corrected chi connectivity index (χ0v) is 82.4. The third-order valence-electron chi connectivity index (χ3n) is 27.9. The fourth-order valence-corrected chi connectivity index (χ4v) is 20.2. The monoisotopic (exact) mass is 1760 g/mol. The quantitative estimate of drug-likeness (QED) is 0.0751. The average Bonchev–Trinajstić information content (AvgIpc) is 1.43. The van der Waals surface area contributed by atoms with Crippen LogP contribution in [0, 0.1) is 94.9 Å². The van der Waals surface area contributed by atoms with Gasteiger partial charge in [0.05, 0.1) is 0 Å². The van der Waals surface area contributed by atoms with Crippen LogP contribution in [-0.4, -0.2) is 8.07 Å². The first-order valence-corrected chi connectivity index (χ1v) is 49.2. The van der Waals surface area contributed by atoms with E-state index in [1.54, 1.807) is 0 Å². The van der Waals surface area contributed by atoms with Crippen molar-refractivity contribution in [3.8, 4) is 0 Å². The molecule has 0 aliphatic heterocycles. The highest BCUT2D eigenvalue weighted by atomic mass is 28.3. The molecule has 696 valence electrons. The lowest BCUT2D eigenvalue weighted by molar-refractivity contribution is 0.405. The predicted molar refractivity (Wildman–Crippen MR) is 590 cm³/mol. The molecule has 1 aliphatic rings. The molecule has 1 aliphatic carbocycles. The van der Waals surface area contributed by atoms with Crippen LogP contribution in [0.5, 0.6) is 0 Å². The Bertz CT molecular complexity index is 5200. The summed E-state index contributed by atoms with van der Waals surface area (Å²) in [6, 6.07) is 126. The van der Waals surface area contributed by atoms with Crippen molar-refractivity contribution in [3.63, 3.8) is 0 Å². The van der Waals surface area contributed by atoms with Crippen LogP contribution in [0.25, 0.3) is 0 Å². The van der Waals surface area contributed by atoms with Gasteiger partial charge in [-0.2, -0.15) is 0 Å². The van der Waals surface area contributed by atoms with Gasteiger partial charge in [0, 0.05) is 38.4 Å². The van der Waals surface area contributed by atoms with E-state index in [2.05, 4.69) is 526 Å². The van der Waals surface area contributed by atoms with Crippen molar-refractivity contribution in [2.24, 2.45) is 11.8 Å². The van der Waals surface area contributed by atoms with Crippen molar-refractivity contribution < 1.29 is 0 Å². The highest BCUT2D eigenvalue weighted by Crippen LogP contribution is 2.47. The van der Waals surface area contributed by atoms with Gasteiger partial charge in [-0.25, -0.2) is 0 Å². The summed E-state index contributed by atoms with van der Waals surface area (Å²) >= 11 is 0. The number of rotatable bonds is 18. The molecule has 0 aromatic heterocycles. The first-order valence-electron chi connectivity index (χ1n) is 46.2. The van der Waals surface area contributed by atoms with Gasteiger partial charge >= 0.3 is 0 Å². The molecule has 0 heterocycles. The highest BCUT2D eigenvalue weighted by molar-refractivity contribution is 7.00. The number of hydrogen-bond donors (Lipinski definition) is 0. The van der Waals surface area contributed by atoms with Crippen molar-refractivity contribution in [3.05, 3.63) is 484 Å². The number of hydrogen-bond acceptors (Lipinski definition) is 0. The first kappa shape index (κ1) is 113. The van der Waals surface area contributed by atoms with Crippen molar-refractivity contribution in [1.82, 2.24) is 0 Å². The van der Waals surface area contributed by atoms with Gasteiger partial charge in [0.1, 0.15) is 8.07 Å². The Morgan fingerprint density at radius 1 is 0.229 bits per heavy atom. The molecule has 131 heavy (non-hydrogen) atoms. The zero-order valence-electron chi connectivity index (χ0n) is 81.4. The number of benzene rings is 14. The average molecular weight is 1760 g/mol.